The van der Waals surface area contributed by atoms with Gasteiger partial charge in [-0.3, -0.25) is 4.90 Å². The zero-order valence-corrected chi connectivity index (χ0v) is 29.0. The number of ether oxygens (including phenoxy) is 3. The van der Waals surface area contributed by atoms with Gasteiger partial charge in [-0.2, -0.15) is 4.31 Å². The molecule has 0 bridgehead atoms. The number of aliphatic hydroxyl groups excluding tert-OH is 1. The summed E-state index contributed by atoms with van der Waals surface area (Å²) >= 11 is 0. The first-order chi connectivity index (χ1) is 22.1. The van der Waals surface area contributed by atoms with E-state index in [1.54, 1.807) is 0 Å². The Kier molecular flexibility index (Phi) is 12.3. The van der Waals surface area contributed by atoms with Gasteiger partial charge in [0.15, 0.2) is 6.29 Å². The van der Waals surface area contributed by atoms with Gasteiger partial charge in [-0.1, -0.05) is 44.2 Å². The number of aliphatic hydroxyl groups is 1. The van der Waals surface area contributed by atoms with Crippen LogP contribution in [0.1, 0.15) is 38.7 Å². The lowest BCUT2D eigenvalue weighted by molar-refractivity contribution is -0.0906. The largest absolute Gasteiger partial charge is 0.497 e. The molecule has 262 valence electrons. The predicted octanol–water partition coefficient (Wildman–Crippen LogP) is 2.76. The summed E-state index contributed by atoms with van der Waals surface area (Å²) in [6.07, 6.45) is -0.453. The standard InChI is InChI=1S/C32H47N3O10S2/c1-32(2,16-8-17-33-46(4,39)40)22-34(47(41,42)25-13-11-24(43-3)12-14-25)20-29(36)27(19-23-9-6-5-7-10-23)35(31(37)38)28-21-45-30-26(28)15-18-44-30/h5-7,9-14,26-30,33,36H,8,15-22H2,1-4H3,(H,37,38)/t26-,27-,28-,29+,30+/m0/s1. The van der Waals surface area contributed by atoms with Crippen LogP contribution in [-0.4, -0.2) is 113 Å². The Balaban J connectivity index is 1.67. The van der Waals surface area contributed by atoms with E-state index in [-0.39, 0.29) is 36.9 Å². The fourth-order valence-corrected chi connectivity index (χ4v) is 8.55. The first kappa shape index (κ1) is 37.0. The molecule has 2 heterocycles. The van der Waals surface area contributed by atoms with Crippen molar-refractivity contribution in [2.75, 3.05) is 46.2 Å². The average Bonchev–Trinajstić information content (AvgIpc) is 3.64. The molecule has 0 aromatic heterocycles. The lowest BCUT2D eigenvalue weighted by Gasteiger charge is -2.40. The molecule has 1 amide bonds. The minimum absolute atomic E-state index is 0.00937. The summed E-state index contributed by atoms with van der Waals surface area (Å²) in [5.41, 5.74) is 0.136. The van der Waals surface area contributed by atoms with Crippen molar-refractivity contribution in [2.45, 2.75) is 68.9 Å². The van der Waals surface area contributed by atoms with Gasteiger partial charge in [-0.25, -0.2) is 26.4 Å². The smallest absolute Gasteiger partial charge is 0.407 e. The third-order valence-electron chi connectivity index (χ3n) is 8.76. The zero-order valence-electron chi connectivity index (χ0n) is 27.3. The second-order valence-corrected chi connectivity index (χ2v) is 16.8. The zero-order chi connectivity index (χ0) is 34.4. The molecule has 47 heavy (non-hydrogen) atoms. The van der Waals surface area contributed by atoms with E-state index >= 15 is 0 Å². The summed E-state index contributed by atoms with van der Waals surface area (Å²) in [5, 5.41) is 22.5. The molecule has 0 unspecified atom stereocenters. The van der Waals surface area contributed by atoms with Gasteiger partial charge in [0.05, 0.1) is 49.7 Å². The molecular formula is C32H47N3O10S2. The number of carbonyl (C=O) groups is 1. The Morgan fingerprint density at radius 1 is 1.09 bits per heavy atom. The number of sulfonamides is 2. The van der Waals surface area contributed by atoms with Crippen LogP contribution in [-0.2, 0) is 35.9 Å². The minimum Gasteiger partial charge on any atom is -0.497 e. The van der Waals surface area contributed by atoms with E-state index in [1.807, 2.05) is 44.2 Å². The molecule has 0 aliphatic carbocycles. The summed E-state index contributed by atoms with van der Waals surface area (Å²) in [6.45, 7) is 4.06. The molecular weight excluding hydrogens is 650 g/mol. The Hall–Kier alpha value is -2.79. The van der Waals surface area contributed by atoms with Gasteiger partial charge in [0.1, 0.15) is 5.75 Å². The van der Waals surface area contributed by atoms with Crippen LogP contribution in [0.3, 0.4) is 0 Å². The van der Waals surface area contributed by atoms with E-state index in [2.05, 4.69) is 4.72 Å². The van der Waals surface area contributed by atoms with Crippen molar-refractivity contribution in [1.82, 2.24) is 13.9 Å². The summed E-state index contributed by atoms with van der Waals surface area (Å²) in [4.78, 5) is 14.2. The molecule has 4 rings (SSSR count). The molecule has 0 saturated carbocycles. The number of carboxylic acid groups (broad SMARTS) is 1. The third-order valence-corrected chi connectivity index (χ3v) is 11.3. The highest BCUT2D eigenvalue weighted by atomic mass is 32.2. The average molecular weight is 698 g/mol. The minimum atomic E-state index is -4.20. The number of methoxy groups -OCH3 is 1. The second kappa shape index (κ2) is 15.6. The summed E-state index contributed by atoms with van der Waals surface area (Å²) in [7, 11) is -6.10. The van der Waals surface area contributed by atoms with E-state index in [4.69, 9.17) is 14.2 Å². The maximum atomic E-state index is 14.2. The van der Waals surface area contributed by atoms with Gasteiger partial charge < -0.3 is 24.4 Å². The summed E-state index contributed by atoms with van der Waals surface area (Å²) in [6, 6.07) is 13.5. The van der Waals surface area contributed by atoms with Gasteiger partial charge in [-0.15, -0.1) is 0 Å². The SMILES string of the molecule is COc1ccc(S(=O)(=O)N(C[C@@H](O)[C@H](Cc2ccccc2)N(C(=O)O)[C@H]2CO[C@H]3OCC[C@H]32)CC(C)(C)CCCNS(C)(=O)=O)cc1. The molecule has 2 fully saturated rings. The first-order valence-electron chi connectivity index (χ1n) is 15.7. The van der Waals surface area contributed by atoms with Crippen LogP contribution < -0.4 is 9.46 Å². The van der Waals surface area contributed by atoms with Gasteiger partial charge in [0.2, 0.25) is 20.0 Å². The molecule has 13 nitrogen and oxygen atoms in total. The highest BCUT2D eigenvalue weighted by Crippen LogP contribution is 2.36. The van der Waals surface area contributed by atoms with Crippen molar-refractivity contribution < 1.29 is 46.1 Å². The maximum Gasteiger partial charge on any atom is 0.407 e. The number of nitrogens with zero attached hydrogens (tertiary/aromatic N) is 2. The van der Waals surface area contributed by atoms with Gasteiger partial charge in [0.25, 0.3) is 0 Å². The molecule has 0 radical (unpaired) electrons. The van der Waals surface area contributed by atoms with Crippen LogP contribution in [0.4, 0.5) is 4.79 Å². The van der Waals surface area contributed by atoms with Crippen molar-refractivity contribution in [3.05, 3.63) is 60.2 Å². The lowest BCUT2D eigenvalue weighted by atomic mass is 9.87. The van der Waals surface area contributed by atoms with E-state index < -0.39 is 62.6 Å². The summed E-state index contributed by atoms with van der Waals surface area (Å²) in [5.74, 6) is 0.262. The number of amides is 1. The first-order valence-corrected chi connectivity index (χ1v) is 19.0. The van der Waals surface area contributed by atoms with E-state index in [0.29, 0.717) is 31.6 Å². The van der Waals surface area contributed by atoms with Crippen LogP contribution in [0, 0.1) is 11.3 Å². The molecule has 5 atom stereocenters. The number of hydrogen-bond acceptors (Lipinski definition) is 9. The summed E-state index contributed by atoms with van der Waals surface area (Å²) < 4.78 is 71.8. The number of benzene rings is 2. The monoisotopic (exact) mass is 697 g/mol. The van der Waals surface area contributed by atoms with Crippen molar-refractivity contribution in [1.29, 1.82) is 0 Å². The Morgan fingerprint density at radius 2 is 1.77 bits per heavy atom. The van der Waals surface area contributed by atoms with E-state index in [0.717, 1.165) is 11.8 Å². The van der Waals surface area contributed by atoms with Gasteiger partial charge in [0, 0.05) is 25.6 Å². The number of nitrogens with one attached hydrogen (secondary N) is 1. The normalized spacial score (nSPS) is 21.4. The Bertz CT molecular complexity index is 1540. The van der Waals surface area contributed by atoms with Crippen LogP contribution in [0.2, 0.25) is 0 Å². The third kappa shape index (κ3) is 9.87. The molecule has 2 aromatic carbocycles. The molecule has 0 spiro atoms. The van der Waals surface area contributed by atoms with Crippen molar-refractivity contribution in [2.24, 2.45) is 11.3 Å². The Labute approximate surface area is 277 Å². The van der Waals surface area contributed by atoms with Crippen molar-refractivity contribution in [3.8, 4) is 5.75 Å². The fraction of sp³-hybridized carbons (Fsp3) is 0.594. The molecule has 2 aromatic rings. The molecule has 3 N–H and O–H groups in total. The van der Waals surface area contributed by atoms with Crippen LogP contribution in [0.5, 0.6) is 5.75 Å². The maximum absolute atomic E-state index is 14.2. The van der Waals surface area contributed by atoms with E-state index in [1.165, 1.54) is 40.6 Å². The molecule has 2 aliphatic heterocycles. The lowest BCUT2D eigenvalue weighted by Crippen LogP contribution is -2.58. The van der Waals surface area contributed by atoms with Crippen molar-refractivity contribution >= 4 is 26.1 Å². The number of hydrogen-bond donors (Lipinski definition) is 3. The quantitative estimate of drug-likeness (QED) is 0.209. The number of fused-ring (bicyclic) bond motifs is 1. The van der Waals surface area contributed by atoms with E-state index in [9.17, 15) is 31.8 Å². The second-order valence-electron chi connectivity index (χ2n) is 13.0. The molecule has 2 aliphatic rings. The molecule has 15 heteroatoms. The predicted molar refractivity (Wildman–Crippen MR) is 175 cm³/mol. The van der Waals surface area contributed by atoms with Crippen LogP contribution in [0.15, 0.2) is 59.5 Å². The topological polar surface area (TPSA) is 172 Å². The fourth-order valence-electron chi connectivity index (χ4n) is 6.39. The molecule has 2 saturated heterocycles. The van der Waals surface area contributed by atoms with Gasteiger partial charge in [-0.05, 0) is 60.9 Å². The highest BCUT2D eigenvalue weighted by Gasteiger charge is 2.49. The van der Waals surface area contributed by atoms with Gasteiger partial charge >= 0.3 is 6.09 Å². The Morgan fingerprint density at radius 3 is 2.38 bits per heavy atom. The van der Waals surface area contributed by atoms with Crippen LogP contribution >= 0.6 is 0 Å². The number of rotatable bonds is 17. The highest BCUT2D eigenvalue weighted by molar-refractivity contribution is 7.89. The van der Waals surface area contributed by atoms with Crippen LogP contribution in [0.25, 0.3) is 0 Å². The van der Waals surface area contributed by atoms with Crippen molar-refractivity contribution in [3.63, 3.8) is 0 Å².